The van der Waals surface area contributed by atoms with Crippen molar-refractivity contribution in [3.05, 3.63) is 83.6 Å². The summed E-state index contributed by atoms with van der Waals surface area (Å²) in [6.45, 7) is 2.02. The molecule has 0 bridgehead atoms. The second-order valence-corrected chi connectivity index (χ2v) is 9.45. The molecule has 0 aliphatic carbocycles. The van der Waals surface area contributed by atoms with E-state index in [0.29, 0.717) is 18.7 Å². The monoisotopic (exact) mass is 488 g/mol. The second kappa shape index (κ2) is 10.9. The molecule has 7 nitrogen and oxygen atoms in total. The maximum atomic E-state index is 12.4. The molecule has 5 rings (SSSR count). The number of amides is 1. The minimum atomic E-state index is -0.0629. The first-order valence-electron chi connectivity index (χ1n) is 11.8. The van der Waals surface area contributed by atoms with E-state index in [1.807, 2.05) is 48.5 Å². The Hall–Kier alpha value is -3.36. The van der Waals surface area contributed by atoms with Crippen LogP contribution < -0.4 is 10.1 Å². The number of carbonyl (C=O) groups is 1. The molecule has 1 unspecified atom stereocenters. The molecule has 2 aromatic carbocycles. The number of aromatic nitrogens is 3. The Morgan fingerprint density at radius 1 is 1.14 bits per heavy atom. The summed E-state index contributed by atoms with van der Waals surface area (Å²) >= 11 is 1.66. The lowest BCUT2D eigenvalue weighted by Crippen LogP contribution is -2.31. The van der Waals surface area contributed by atoms with Crippen molar-refractivity contribution in [2.24, 2.45) is 0 Å². The van der Waals surface area contributed by atoms with Crippen LogP contribution in [-0.2, 0) is 17.0 Å². The Balaban J connectivity index is 1.26. The van der Waals surface area contributed by atoms with Gasteiger partial charge >= 0.3 is 0 Å². The van der Waals surface area contributed by atoms with Crippen LogP contribution >= 0.6 is 11.8 Å². The van der Waals surface area contributed by atoms with Gasteiger partial charge in [0.05, 0.1) is 19.8 Å². The normalized spacial score (nSPS) is 15.4. The molecule has 0 radical (unpaired) electrons. The maximum Gasteiger partial charge on any atom is 0.251 e. The number of hydrogen-bond acceptors (Lipinski definition) is 6. The van der Waals surface area contributed by atoms with Gasteiger partial charge in [-0.15, -0.1) is 0 Å². The third-order valence-electron chi connectivity index (χ3n) is 6.07. The van der Waals surface area contributed by atoms with Crippen molar-refractivity contribution in [2.75, 3.05) is 20.3 Å². The first kappa shape index (κ1) is 23.4. The number of nitrogens with zero attached hydrogens (tertiary/aromatic N) is 3. The summed E-state index contributed by atoms with van der Waals surface area (Å²) in [5.41, 5.74) is 4.68. The van der Waals surface area contributed by atoms with Crippen molar-refractivity contribution in [3.8, 4) is 5.75 Å². The number of pyridine rings is 1. The summed E-state index contributed by atoms with van der Waals surface area (Å²) in [5, 5.41) is 3.88. The van der Waals surface area contributed by atoms with Gasteiger partial charge in [-0.05, 0) is 60.4 Å². The van der Waals surface area contributed by atoms with Crippen molar-refractivity contribution in [3.63, 3.8) is 0 Å². The molecule has 1 fully saturated rings. The molecule has 8 heteroatoms. The summed E-state index contributed by atoms with van der Waals surface area (Å²) in [5.74, 6) is 1.51. The van der Waals surface area contributed by atoms with Gasteiger partial charge in [-0.25, -0.2) is 9.97 Å². The van der Waals surface area contributed by atoms with E-state index in [4.69, 9.17) is 14.5 Å². The molecule has 1 aliphatic rings. The minimum Gasteiger partial charge on any atom is -0.497 e. The van der Waals surface area contributed by atoms with Crippen molar-refractivity contribution < 1.29 is 14.3 Å². The number of fused-ring (bicyclic) bond motifs is 1. The average molecular weight is 489 g/mol. The zero-order chi connectivity index (χ0) is 24.0. The van der Waals surface area contributed by atoms with Crippen molar-refractivity contribution in [1.82, 2.24) is 19.9 Å². The van der Waals surface area contributed by atoms with Crippen LogP contribution in [0.5, 0.6) is 5.75 Å². The zero-order valence-corrected chi connectivity index (χ0v) is 20.5. The molecule has 1 saturated heterocycles. The molecule has 1 amide bonds. The molecule has 0 spiro atoms. The predicted octanol–water partition coefficient (Wildman–Crippen LogP) is 4.69. The molecule has 2 aromatic heterocycles. The Morgan fingerprint density at radius 3 is 2.69 bits per heavy atom. The standard InChI is InChI=1S/C27H28N4O3S/c1-33-22-12-8-19(9-13-22)17-31-25-24(5-2-14-28-25)30-27(31)35-18-20-6-10-21(11-7-20)26(32)29-16-23-4-3-15-34-23/h2,5-14,23H,3-4,15-18H2,1H3,(H,29,32). The van der Waals surface area contributed by atoms with E-state index < -0.39 is 0 Å². The van der Waals surface area contributed by atoms with Gasteiger partial charge in [-0.1, -0.05) is 36.0 Å². The van der Waals surface area contributed by atoms with E-state index in [9.17, 15) is 4.79 Å². The van der Waals surface area contributed by atoms with E-state index in [1.165, 1.54) is 0 Å². The first-order chi connectivity index (χ1) is 17.2. The van der Waals surface area contributed by atoms with Crippen molar-refractivity contribution in [2.45, 2.75) is 36.4 Å². The van der Waals surface area contributed by atoms with E-state index in [1.54, 1.807) is 25.1 Å². The summed E-state index contributed by atoms with van der Waals surface area (Å²) in [6.07, 6.45) is 4.01. The zero-order valence-electron chi connectivity index (χ0n) is 19.6. The van der Waals surface area contributed by atoms with Gasteiger partial charge in [0, 0.05) is 30.7 Å². The fraction of sp³-hybridized carbons (Fsp3) is 0.296. The number of imidazole rings is 1. The number of thioether (sulfide) groups is 1. The van der Waals surface area contributed by atoms with Crippen LogP contribution in [0.25, 0.3) is 11.2 Å². The topological polar surface area (TPSA) is 78.3 Å². The highest BCUT2D eigenvalue weighted by Crippen LogP contribution is 2.27. The molecule has 35 heavy (non-hydrogen) atoms. The molecule has 1 N–H and O–H groups in total. The van der Waals surface area contributed by atoms with Crippen molar-refractivity contribution in [1.29, 1.82) is 0 Å². The number of nitrogens with one attached hydrogen (secondary N) is 1. The maximum absolute atomic E-state index is 12.4. The fourth-order valence-electron chi connectivity index (χ4n) is 4.12. The molecular formula is C27H28N4O3S. The summed E-state index contributed by atoms with van der Waals surface area (Å²) in [4.78, 5) is 21.9. The van der Waals surface area contributed by atoms with Crippen LogP contribution in [0.4, 0.5) is 0 Å². The van der Waals surface area contributed by atoms with Crippen LogP contribution in [-0.4, -0.2) is 46.8 Å². The Bertz CT molecular complexity index is 1280. The molecule has 1 atom stereocenters. The molecule has 4 aromatic rings. The number of methoxy groups -OCH3 is 1. The summed E-state index contributed by atoms with van der Waals surface area (Å²) in [7, 11) is 1.67. The predicted molar refractivity (Wildman–Crippen MR) is 137 cm³/mol. The number of benzene rings is 2. The largest absolute Gasteiger partial charge is 0.497 e. The third-order valence-corrected chi connectivity index (χ3v) is 7.11. The number of carbonyl (C=O) groups excluding carboxylic acids is 1. The van der Waals surface area contributed by atoms with Gasteiger partial charge in [0.2, 0.25) is 0 Å². The number of hydrogen-bond donors (Lipinski definition) is 1. The quantitative estimate of drug-likeness (QED) is 0.345. The van der Waals surface area contributed by atoms with Gasteiger partial charge in [0.1, 0.15) is 11.3 Å². The van der Waals surface area contributed by atoms with Gasteiger partial charge in [0.25, 0.3) is 5.91 Å². The van der Waals surface area contributed by atoms with Crippen LogP contribution in [0.15, 0.2) is 72.0 Å². The molecule has 0 saturated carbocycles. The highest BCUT2D eigenvalue weighted by Gasteiger charge is 2.17. The lowest BCUT2D eigenvalue weighted by atomic mass is 10.1. The molecule has 3 heterocycles. The van der Waals surface area contributed by atoms with Crippen molar-refractivity contribution >= 4 is 28.8 Å². The SMILES string of the molecule is COc1ccc(Cn2c(SCc3ccc(C(=O)NCC4CCCO4)cc3)nc3cccnc32)cc1. The molecule has 1 aliphatic heterocycles. The Morgan fingerprint density at radius 2 is 1.94 bits per heavy atom. The fourth-order valence-corrected chi connectivity index (χ4v) is 5.08. The molecular weight excluding hydrogens is 460 g/mol. The van der Waals surface area contributed by atoms with Gasteiger partial charge in [0.15, 0.2) is 10.8 Å². The third kappa shape index (κ3) is 5.66. The second-order valence-electron chi connectivity index (χ2n) is 8.51. The van der Waals surface area contributed by atoms with Gasteiger partial charge in [-0.2, -0.15) is 0 Å². The van der Waals surface area contributed by atoms with Crippen LogP contribution in [0.2, 0.25) is 0 Å². The number of rotatable bonds is 9. The van der Waals surface area contributed by atoms with Crippen LogP contribution in [0, 0.1) is 0 Å². The number of ether oxygens (including phenoxy) is 2. The Kier molecular flexibility index (Phi) is 7.30. The highest BCUT2D eigenvalue weighted by atomic mass is 32.2. The van der Waals surface area contributed by atoms with E-state index in [2.05, 4.69) is 27.0 Å². The molecule has 180 valence electrons. The first-order valence-corrected chi connectivity index (χ1v) is 12.7. The highest BCUT2D eigenvalue weighted by molar-refractivity contribution is 7.98. The van der Waals surface area contributed by atoms with Crippen LogP contribution in [0.3, 0.4) is 0 Å². The van der Waals surface area contributed by atoms with E-state index in [0.717, 1.165) is 58.4 Å². The average Bonchev–Trinajstić information content (AvgIpc) is 3.55. The lowest BCUT2D eigenvalue weighted by Gasteiger charge is -2.11. The van der Waals surface area contributed by atoms with Crippen LogP contribution in [0.1, 0.15) is 34.3 Å². The van der Waals surface area contributed by atoms with Gasteiger partial charge in [-0.3, -0.25) is 9.36 Å². The minimum absolute atomic E-state index is 0.0629. The van der Waals surface area contributed by atoms with E-state index in [-0.39, 0.29) is 12.0 Å². The Labute approximate surface area is 208 Å². The summed E-state index contributed by atoms with van der Waals surface area (Å²) in [6, 6.07) is 19.7. The van der Waals surface area contributed by atoms with Gasteiger partial charge < -0.3 is 14.8 Å². The smallest absolute Gasteiger partial charge is 0.251 e. The lowest BCUT2D eigenvalue weighted by molar-refractivity contribution is 0.0858. The summed E-state index contributed by atoms with van der Waals surface area (Å²) < 4.78 is 13.0. The van der Waals surface area contributed by atoms with E-state index >= 15 is 0 Å².